The molecule has 0 aliphatic heterocycles. The first-order chi connectivity index (χ1) is 10.2. The second kappa shape index (κ2) is 5.79. The number of nitrogens with zero attached hydrogens (tertiary/aromatic N) is 2. The number of hydrogen-bond donors (Lipinski definition) is 0. The number of ether oxygens (including phenoxy) is 1. The zero-order valence-corrected chi connectivity index (χ0v) is 12.0. The van der Waals surface area contributed by atoms with E-state index in [2.05, 4.69) is 41.3 Å². The van der Waals surface area contributed by atoms with Gasteiger partial charge in [-0.3, -0.25) is 0 Å². The molecule has 0 unspecified atom stereocenters. The number of hydrogen-bond acceptors (Lipinski definition) is 4. The molecule has 1 heterocycles. The van der Waals surface area contributed by atoms with Crippen molar-refractivity contribution >= 4 is 0 Å². The van der Waals surface area contributed by atoms with Crippen LogP contribution in [0.25, 0.3) is 11.4 Å². The molecule has 0 N–H and O–H groups in total. The smallest absolute Gasteiger partial charge is 0.231 e. The standard InChI is InChI=1S/C17H16N2O2/c1-12-6-8-13(9-7-12)10-16-18-17(19-21-16)14-4-3-5-15(11-14)20-2/h3-9,11H,10H2,1-2H3. The molecule has 0 atom stereocenters. The maximum Gasteiger partial charge on any atom is 0.231 e. The van der Waals surface area contributed by atoms with Crippen LogP contribution in [0, 0.1) is 6.92 Å². The molecule has 0 amide bonds. The van der Waals surface area contributed by atoms with Crippen LogP contribution >= 0.6 is 0 Å². The summed E-state index contributed by atoms with van der Waals surface area (Å²) in [7, 11) is 1.64. The fraction of sp³-hybridized carbons (Fsp3) is 0.176. The zero-order valence-electron chi connectivity index (χ0n) is 12.0. The molecule has 2 aromatic carbocycles. The molecule has 4 heteroatoms. The first-order valence-corrected chi connectivity index (χ1v) is 6.77. The van der Waals surface area contributed by atoms with Crippen LogP contribution in [0.5, 0.6) is 5.75 Å². The van der Waals surface area contributed by atoms with E-state index in [0.717, 1.165) is 16.9 Å². The quantitative estimate of drug-likeness (QED) is 0.732. The molecule has 0 saturated carbocycles. The lowest BCUT2D eigenvalue weighted by atomic mass is 10.1. The minimum absolute atomic E-state index is 0.580. The van der Waals surface area contributed by atoms with Crippen LogP contribution < -0.4 is 4.74 Å². The Hall–Kier alpha value is -2.62. The Kier molecular flexibility index (Phi) is 3.69. The van der Waals surface area contributed by atoms with Gasteiger partial charge in [0, 0.05) is 5.56 Å². The lowest BCUT2D eigenvalue weighted by molar-refractivity contribution is 0.385. The third kappa shape index (κ3) is 3.11. The molecule has 1 aromatic heterocycles. The lowest BCUT2D eigenvalue weighted by Gasteiger charge is -2.00. The third-order valence-corrected chi connectivity index (χ3v) is 3.27. The molecule has 106 valence electrons. The molecule has 3 aromatic rings. The van der Waals surface area contributed by atoms with E-state index in [4.69, 9.17) is 9.26 Å². The van der Waals surface area contributed by atoms with E-state index in [1.165, 1.54) is 5.56 Å². The Morgan fingerprint density at radius 2 is 1.90 bits per heavy atom. The number of methoxy groups -OCH3 is 1. The molecule has 0 bridgehead atoms. The minimum atomic E-state index is 0.580. The van der Waals surface area contributed by atoms with Gasteiger partial charge in [0.25, 0.3) is 0 Å². The second-order valence-electron chi connectivity index (χ2n) is 4.91. The van der Waals surface area contributed by atoms with Crippen LogP contribution in [0.2, 0.25) is 0 Å². The van der Waals surface area contributed by atoms with Gasteiger partial charge in [0.15, 0.2) is 0 Å². The van der Waals surface area contributed by atoms with Crippen molar-refractivity contribution in [3.8, 4) is 17.1 Å². The Balaban J connectivity index is 1.81. The maximum atomic E-state index is 5.32. The molecule has 21 heavy (non-hydrogen) atoms. The Morgan fingerprint density at radius 1 is 1.10 bits per heavy atom. The highest BCUT2D eigenvalue weighted by molar-refractivity contribution is 5.56. The molecule has 3 rings (SSSR count). The second-order valence-corrected chi connectivity index (χ2v) is 4.91. The monoisotopic (exact) mass is 280 g/mol. The highest BCUT2D eigenvalue weighted by Gasteiger charge is 2.09. The molecular weight excluding hydrogens is 264 g/mol. The van der Waals surface area contributed by atoms with E-state index < -0.39 is 0 Å². The van der Waals surface area contributed by atoms with E-state index in [0.29, 0.717) is 18.1 Å². The van der Waals surface area contributed by atoms with Gasteiger partial charge in [-0.05, 0) is 24.6 Å². The van der Waals surface area contributed by atoms with E-state index in [9.17, 15) is 0 Å². The van der Waals surface area contributed by atoms with Gasteiger partial charge in [-0.1, -0.05) is 47.1 Å². The summed E-state index contributed by atoms with van der Waals surface area (Å²) < 4.78 is 10.5. The molecule has 0 saturated heterocycles. The summed E-state index contributed by atoms with van der Waals surface area (Å²) in [5.74, 6) is 1.96. The fourth-order valence-corrected chi connectivity index (χ4v) is 2.09. The summed E-state index contributed by atoms with van der Waals surface area (Å²) in [6, 6.07) is 15.9. The molecular formula is C17H16N2O2. The predicted octanol–water partition coefficient (Wildman–Crippen LogP) is 3.64. The molecule has 0 spiro atoms. The maximum absolute atomic E-state index is 5.32. The molecule has 0 fully saturated rings. The molecule has 0 radical (unpaired) electrons. The number of aromatic nitrogens is 2. The summed E-state index contributed by atoms with van der Waals surface area (Å²) in [6.07, 6.45) is 0.636. The molecule has 0 aliphatic rings. The lowest BCUT2D eigenvalue weighted by Crippen LogP contribution is -1.89. The largest absolute Gasteiger partial charge is 0.497 e. The van der Waals surface area contributed by atoms with Gasteiger partial charge < -0.3 is 9.26 Å². The highest BCUT2D eigenvalue weighted by atomic mass is 16.5. The minimum Gasteiger partial charge on any atom is -0.497 e. The van der Waals surface area contributed by atoms with E-state index in [1.54, 1.807) is 7.11 Å². The van der Waals surface area contributed by atoms with Gasteiger partial charge in [0.05, 0.1) is 13.5 Å². The third-order valence-electron chi connectivity index (χ3n) is 3.27. The van der Waals surface area contributed by atoms with Crippen molar-refractivity contribution in [1.82, 2.24) is 10.1 Å². The first-order valence-electron chi connectivity index (χ1n) is 6.77. The van der Waals surface area contributed by atoms with E-state index >= 15 is 0 Å². The van der Waals surface area contributed by atoms with Crippen LogP contribution in [-0.4, -0.2) is 17.3 Å². The van der Waals surface area contributed by atoms with Gasteiger partial charge in [-0.25, -0.2) is 0 Å². The number of aryl methyl sites for hydroxylation is 1. The first kappa shape index (κ1) is 13.4. The average molecular weight is 280 g/mol. The van der Waals surface area contributed by atoms with Gasteiger partial charge >= 0.3 is 0 Å². The average Bonchev–Trinajstić information content (AvgIpc) is 2.98. The van der Waals surface area contributed by atoms with E-state index in [1.807, 2.05) is 24.3 Å². The van der Waals surface area contributed by atoms with Crippen molar-refractivity contribution in [2.24, 2.45) is 0 Å². The van der Waals surface area contributed by atoms with Crippen molar-refractivity contribution < 1.29 is 9.26 Å². The predicted molar refractivity (Wildman–Crippen MR) is 80.3 cm³/mol. The number of rotatable bonds is 4. The van der Waals surface area contributed by atoms with Crippen molar-refractivity contribution in [1.29, 1.82) is 0 Å². The molecule has 0 aliphatic carbocycles. The van der Waals surface area contributed by atoms with Crippen LogP contribution in [0.15, 0.2) is 53.1 Å². The highest BCUT2D eigenvalue weighted by Crippen LogP contribution is 2.21. The number of benzene rings is 2. The summed E-state index contributed by atoms with van der Waals surface area (Å²) >= 11 is 0. The van der Waals surface area contributed by atoms with Crippen LogP contribution in [-0.2, 0) is 6.42 Å². The summed E-state index contributed by atoms with van der Waals surface area (Å²) in [5.41, 5.74) is 3.27. The van der Waals surface area contributed by atoms with Crippen molar-refractivity contribution in [3.05, 3.63) is 65.5 Å². The molecule has 4 nitrogen and oxygen atoms in total. The Labute approximate surface area is 123 Å². The van der Waals surface area contributed by atoms with E-state index in [-0.39, 0.29) is 0 Å². The summed E-state index contributed by atoms with van der Waals surface area (Å²) in [4.78, 5) is 4.44. The van der Waals surface area contributed by atoms with Gasteiger partial charge in [0.2, 0.25) is 11.7 Å². The normalized spacial score (nSPS) is 10.6. The van der Waals surface area contributed by atoms with Crippen LogP contribution in [0.1, 0.15) is 17.0 Å². The SMILES string of the molecule is COc1cccc(-c2noc(Cc3ccc(C)cc3)n2)c1. The van der Waals surface area contributed by atoms with Gasteiger partial charge in [-0.15, -0.1) is 0 Å². The van der Waals surface area contributed by atoms with Crippen molar-refractivity contribution in [2.75, 3.05) is 7.11 Å². The Bertz CT molecular complexity index is 733. The van der Waals surface area contributed by atoms with Crippen molar-refractivity contribution in [3.63, 3.8) is 0 Å². The van der Waals surface area contributed by atoms with Gasteiger partial charge in [-0.2, -0.15) is 4.98 Å². The fourth-order valence-electron chi connectivity index (χ4n) is 2.09. The topological polar surface area (TPSA) is 48.2 Å². The Morgan fingerprint density at radius 3 is 2.67 bits per heavy atom. The summed E-state index contributed by atoms with van der Waals surface area (Å²) in [5, 5.41) is 4.03. The van der Waals surface area contributed by atoms with Crippen LogP contribution in [0.3, 0.4) is 0 Å². The van der Waals surface area contributed by atoms with Gasteiger partial charge in [0.1, 0.15) is 5.75 Å². The summed E-state index contributed by atoms with van der Waals surface area (Å²) in [6.45, 7) is 2.07. The zero-order chi connectivity index (χ0) is 14.7. The van der Waals surface area contributed by atoms with Crippen molar-refractivity contribution in [2.45, 2.75) is 13.3 Å². The van der Waals surface area contributed by atoms with Crippen LogP contribution in [0.4, 0.5) is 0 Å².